The normalized spacial score (nSPS) is 11.8. The summed E-state index contributed by atoms with van der Waals surface area (Å²) in [6.07, 6.45) is 6.53. The summed E-state index contributed by atoms with van der Waals surface area (Å²) in [6.45, 7) is 0.103. The summed E-state index contributed by atoms with van der Waals surface area (Å²) in [5.41, 5.74) is 0. The molecule has 0 atom stereocenters. The summed E-state index contributed by atoms with van der Waals surface area (Å²) >= 11 is 0. The highest BCUT2D eigenvalue weighted by atomic mass is 16.3. The first-order valence-corrected chi connectivity index (χ1v) is 2.45. The van der Waals surface area contributed by atoms with Crippen LogP contribution in [0, 0.1) is 0 Å². The molecule has 0 unspecified atom stereocenters. The molecule has 0 saturated heterocycles. The van der Waals surface area contributed by atoms with Crippen molar-refractivity contribution in [2.75, 3.05) is 13.2 Å². The maximum absolute atomic E-state index is 8.18. The van der Waals surface area contributed by atoms with Gasteiger partial charge in [-0.05, 0) is 0 Å². The molecule has 0 bridgehead atoms. The van der Waals surface area contributed by atoms with E-state index in [1.165, 1.54) is 0 Å². The Hall–Kier alpha value is -0.600. The zero-order valence-electron chi connectivity index (χ0n) is 4.62. The van der Waals surface area contributed by atoms with E-state index in [4.69, 9.17) is 10.2 Å². The average Bonchev–Trinajstić information content (AvgIpc) is 1.81. The molecule has 2 heteroatoms. The Morgan fingerprint density at radius 1 is 0.875 bits per heavy atom. The van der Waals surface area contributed by atoms with Crippen LogP contribution in [0.1, 0.15) is 0 Å². The van der Waals surface area contributed by atoms with Crippen LogP contribution in [0.25, 0.3) is 0 Å². The van der Waals surface area contributed by atoms with Crippen molar-refractivity contribution < 1.29 is 10.2 Å². The number of aliphatic hydroxyl groups excluding tert-OH is 2. The predicted molar refractivity (Wildman–Crippen MR) is 32.5 cm³/mol. The van der Waals surface area contributed by atoms with Crippen molar-refractivity contribution >= 4 is 0 Å². The second kappa shape index (κ2) is 6.40. The smallest absolute Gasteiger partial charge is 0.0615 e. The molecule has 0 fully saturated rings. The largest absolute Gasteiger partial charge is 0.392 e. The van der Waals surface area contributed by atoms with E-state index in [1.807, 2.05) is 0 Å². The minimum Gasteiger partial charge on any atom is -0.392 e. The van der Waals surface area contributed by atoms with E-state index in [2.05, 4.69) is 0 Å². The van der Waals surface area contributed by atoms with Gasteiger partial charge in [-0.25, -0.2) is 0 Å². The highest BCUT2D eigenvalue weighted by Gasteiger charge is 1.62. The number of hydrogen-bond donors (Lipinski definition) is 2. The summed E-state index contributed by atoms with van der Waals surface area (Å²) in [6, 6.07) is 0. The van der Waals surface area contributed by atoms with E-state index in [-0.39, 0.29) is 13.2 Å². The molecule has 0 heterocycles. The van der Waals surface area contributed by atoms with Crippen LogP contribution in [0.2, 0.25) is 0 Å². The van der Waals surface area contributed by atoms with Crippen LogP contribution in [0.15, 0.2) is 24.3 Å². The Labute approximate surface area is 48.8 Å². The Bertz CT molecular complexity index is 72.5. The molecule has 0 saturated carbocycles. The molecule has 0 rings (SSSR count). The minimum absolute atomic E-state index is 0.0514. The summed E-state index contributed by atoms with van der Waals surface area (Å²) in [5.74, 6) is 0. The van der Waals surface area contributed by atoms with Crippen molar-refractivity contribution in [1.29, 1.82) is 0 Å². The molecule has 46 valence electrons. The molecule has 0 radical (unpaired) electrons. The molecule has 0 aromatic rings. The molecule has 8 heavy (non-hydrogen) atoms. The van der Waals surface area contributed by atoms with E-state index < -0.39 is 0 Å². The number of aliphatic hydroxyl groups is 2. The van der Waals surface area contributed by atoms with E-state index in [0.717, 1.165) is 0 Å². The second-order valence-corrected chi connectivity index (χ2v) is 1.22. The predicted octanol–water partition coefficient (Wildman–Crippen LogP) is 0.0834. The van der Waals surface area contributed by atoms with Gasteiger partial charge >= 0.3 is 0 Å². The summed E-state index contributed by atoms with van der Waals surface area (Å²) < 4.78 is 0. The van der Waals surface area contributed by atoms with Crippen LogP contribution >= 0.6 is 0 Å². The Morgan fingerprint density at radius 2 is 1.25 bits per heavy atom. The molecular weight excluding hydrogens is 104 g/mol. The van der Waals surface area contributed by atoms with Crippen molar-refractivity contribution in [2.24, 2.45) is 0 Å². The van der Waals surface area contributed by atoms with Crippen LogP contribution in [0.4, 0.5) is 0 Å². The van der Waals surface area contributed by atoms with Gasteiger partial charge in [-0.2, -0.15) is 0 Å². The lowest BCUT2D eigenvalue weighted by atomic mass is 10.4. The molecule has 0 aromatic carbocycles. The molecule has 0 aliphatic carbocycles. The van der Waals surface area contributed by atoms with Crippen LogP contribution < -0.4 is 0 Å². The van der Waals surface area contributed by atoms with Gasteiger partial charge in [-0.1, -0.05) is 24.3 Å². The van der Waals surface area contributed by atoms with E-state index >= 15 is 0 Å². The molecule has 0 amide bonds. The van der Waals surface area contributed by atoms with Crippen LogP contribution in [0.5, 0.6) is 0 Å². The Balaban J connectivity index is 3.13. The van der Waals surface area contributed by atoms with Crippen molar-refractivity contribution in [3.05, 3.63) is 24.3 Å². The standard InChI is InChI=1S/C6H10O2/c7-5-3-1-2-4-6-8/h1-4,7-8H,5-6H2/b3-1-,4-2+. The minimum atomic E-state index is 0.0514. The summed E-state index contributed by atoms with van der Waals surface area (Å²) in [7, 11) is 0. The lowest BCUT2D eigenvalue weighted by molar-refractivity contribution is 0.341. The lowest BCUT2D eigenvalue weighted by Crippen LogP contribution is -1.70. The quantitative estimate of drug-likeness (QED) is 0.510. The fourth-order valence-electron chi connectivity index (χ4n) is 0.279. The topological polar surface area (TPSA) is 40.5 Å². The molecule has 2 N–H and O–H groups in total. The van der Waals surface area contributed by atoms with Crippen molar-refractivity contribution in [2.45, 2.75) is 0 Å². The zero-order chi connectivity index (χ0) is 6.24. The van der Waals surface area contributed by atoms with Crippen molar-refractivity contribution in [3.63, 3.8) is 0 Å². The van der Waals surface area contributed by atoms with Crippen molar-refractivity contribution in [1.82, 2.24) is 0 Å². The van der Waals surface area contributed by atoms with Gasteiger partial charge < -0.3 is 10.2 Å². The van der Waals surface area contributed by atoms with E-state index in [0.29, 0.717) is 0 Å². The second-order valence-electron chi connectivity index (χ2n) is 1.22. The fraction of sp³-hybridized carbons (Fsp3) is 0.333. The van der Waals surface area contributed by atoms with Gasteiger partial charge in [0, 0.05) is 0 Å². The summed E-state index contributed by atoms with van der Waals surface area (Å²) in [5, 5.41) is 16.4. The SMILES string of the molecule is OC/C=C\C=C\CO. The number of allylic oxidation sites excluding steroid dienone is 2. The van der Waals surface area contributed by atoms with Crippen LogP contribution in [-0.4, -0.2) is 23.4 Å². The van der Waals surface area contributed by atoms with Gasteiger partial charge in [0.05, 0.1) is 13.2 Å². The Kier molecular flexibility index (Phi) is 5.92. The van der Waals surface area contributed by atoms with Gasteiger partial charge in [0.15, 0.2) is 0 Å². The number of rotatable bonds is 3. The van der Waals surface area contributed by atoms with Crippen LogP contribution in [-0.2, 0) is 0 Å². The summed E-state index contributed by atoms with van der Waals surface area (Å²) in [4.78, 5) is 0. The van der Waals surface area contributed by atoms with Gasteiger partial charge in [-0.15, -0.1) is 0 Å². The van der Waals surface area contributed by atoms with Crippen LogP contribution in [0.3, 0.4) is 0 Å². The van der Waals surface area contributed by atoms with Gasteiger partial charge in [0.25, 0.3) is 0 Å². The van der Waals surface area contributed by atoms with Gasteiger partial charge in [0.2, 0.25) is 0 Å². The maximum atomic E-state index is 8.18. The van der Waals surface area contributed by atoms with Gasteiger partial charge in [0.1, 0.15) is 0 Å². The third kappa shape index (κ3) is 5.40. The molecule has 0 aromatic heterocycles. The maximum Gasteiger partial charge on any atom is 0.0615 e. The molecule has 0 aliphatic heterocycles. The Morgan fingerprint density at radius 3 is 1.50 bits per heavy atom. The zero-order valence-corrected chi connectivity index (χ0v) is 4.62. The molecule has 0 aliphatic rings. The number of hydrogen-bond acceptors (Lipinski definition) is 2. The van der Waals surface area contributed by atoms with E-state index in [1.54, 1.807) is 24.3 Å². The lowest BCUT2D eigenvalue weighted by Gasteiger charge is -1.74. The average molecular weight is 114 g/mol. The first-order chi connectivity index (χ1) is 3.91. The molecule has 2 nitrogen and oxygen atoms in total. The monoisotopic (exact) mass is 114 g/mol. The first-order valence-electron chi connectivity index (χ1n) is 2.45. The third-order valence-electron chi connectivity index (χ3n) is 0.594. The third-order valence-corrected chi connectivity index (χ3v) is 0.594. The van der Waals surface area contributed by atoms with E-state index in [9.17, 15) is 0 Å². The first kappa shape index (κ1) is 7.40. The highest BCUT2D eigenvalue weighted by molar-refractivity contribution is 5.01. The molecular formula is C6H10O2. The van der Waals surface area contributed by atoms with Crippen molar-refractivity contribution in [3.8, 4) is 0 Å². The fourth-order valence-corrected chi connectivity index (χ4v) is 0.279. The highest BCUT2D eigenvalue weighted by Crippen LogP contribution is 1.73. The molecule has 0 spiro atoms. The van der Waals surface area contributed by atoms with Gasteiger partial charge in [-0.3, -0.25) is 0 Å².